The zero-order valence-corrected chi connectivity index (χ0v) is 9.19. The highest BCUT2D eigenvalue weighted by Gasteiger charge is 2.07. The standard InChI is InChI=1S/C9H9BrN4/c1-6-4-2-3-5-7(6)14-12-8(10)9(11)13-14/h2-5H,1H3,(H2,11,13). The van der Waals surface area contributed by atoms with E-state index < -0.39 is 0 Å². The quantitative estimate of drug-likeness (QED) is 0.844. The van der Waals surface area contributed by atoms with Gasteiger partial charge in [-0.1, -0.05) is 18.2 Å². The lowest BCUT2D eigenvalue weighted by Gasteiger charge is -2.01. The molecule has 0 aliphatic carbocycles. The van der Waals surface area contributed by atoms with Gasteiger partial charge in [0.25, 0.3) is 0 Å². The van der Waals surface area contributed by atoms with E-state index in [0.29, 0.717) is 10.4 Å². The molecular weight excluding hydrogens is 244 g/mol. The van der Waals surface area contributed by atoms with Crippen LogP contribution in [0.5, 0.6) is 0 Å². The molecule has 0 aliphatic rings. The second kappa shape index (κ2) is 3.42. The summed E-state index contributed by atoms with van der Waals surface area (Å²) in [4.78, 5) is 1.52. The molecule has 72 valence electrons. The fraction of sp³-hybridized carbons (Fsp3) is 0.111. The number of aromatic nitrogens is 3. The number of hydrogen-bond donors (Lipinski definition) is 1. The number of benzene rings is 1. The van der Waals surface area contributed by atoms with E-state index in [-0.39, 0.29) is 0 Å². The van der Waals surface area contributed by atoms with Gasteiger partial charge in [-0.05, 0) is 34.5 Å². The average Bonchev–Trinajstić information content (AvgIpc) is 2.48. The Labute approximate surface area is 89.9 Å². The first-order chi connectivity index (χ1) is 6.68. The number of para-hydroxylation sites is 1. The zero-order chi connectivity index (χ0) is 10.1. The van der Waals surface area contributed by atoms with Crippen LogP contribution in [-0.4, -0.2) is 15.0 Å². The van der Waals surface area contributed by atoms with Gasteiger partial charge in [0, 0.05) is 0 Å². The van der Waals surface area contributed by atoms with Gasteiger partial charge in [-0.15, -0.1) is 15.0 Å². The van der Waals surface area contributed by atoms with E-state index in [0.717, 1.165) is 11.3 Å². The summed E-state index contributed by atoms with van der Waals surface area (Å²) in [5.74, 6) is 0.397. The first-order valence-corrected chi connectivity index (χ1v) is 4.92. The van der Waals surface area contributed by atoms with E-state index in [2.05, 4.69) is 26.1 Å². The molecular formula is C9H9BrN4. The predicted octanol–water partition coefficient (Wildman–Crippen LogP) is 1.92. The third kappa shape index (κ3) is 1.50. The Morgan fingerprint density at radius 3 is 2.57 bits per heavy atom. The molecule has 14 heavy (non-hydrogen) atoms. The first-order valence-electron chi connectivity index (χ1n) is 4.13. The van der Waals surface area contributed by atoms with E-state index in [1.54, 1.807) is 0 Å². The van der Waals surface area contributed by atoms with Crippen molar-refractivity contribution in [3.8, 4) is 5.69 Å². The SMILES string of the molecule is Cc1ccccc1-n1nc(N)c(Br)n1. The average molecular weight is 253 g/mol. The normalized spacial score (nSPS) is 10.4. The molecule has 0 atom stereocenters. The van der Waals surface area contributed by atoms with Crippen LogP contribution in [0.15, 0.2) is 28.9 Å². The molecule has 0 fully saturated rings. The van der Waals surface area contributed by atoms with Gasteiger partial charge in [0.1, 0.15) is 0 Å². The molecule has 0 bridgehead atoms. The fourth-order valence-corrected chi connectivity index (χ4v) is 1.43. The van der Waals surface area contributed by atoms with Gasteiger partial charge in [-0.2, -0.15) is 0 Å². The van der Waals surface area contributed by atoms with Crippen LogP contribution in [0.1, 0.15) is 5.56 Å². The third-order valence-electron chi connectivity index (χ3n) is 1.93. The van der Waals surface area contributed by atoms with E-state index in [9.17, 15) is 0 Å². The predicted molar refractivity (Wildman–Crippen MR) is 58.2 cm³/mol. The van der Waals surface area contributed by atoms with Crippen molar-refractivity contribution in [3.05, 3.63) is 34.4 Å². The van der Waals surface area contributed by atoms with Crippen molar-refractivity contribution < 1.29 is 0 Å². The molecule has 2 rings (SSSR count). The molecule has 0 saturated heterocycles. The summed E-state index contributed by atoms with van der Waals surface area (Å²) in [7, 11) is 0. The van der Waals surface area contributed by atoms with Gasteiger partial charge in [0.05, 0.1) is 5.69 Å². The van der Waals surface area contributed by atoms with E-state index >= 15 is 0 Å². The van der Waals surface area contributed by atoms with Gasteiger partial charge in [-0.3, -0.25) is 0 Å². The van der Waals surface area contributed by atoms with E-state index in [4.69, 9.17) is 5.73 Å². The third-order valence-corrected chi connectivity index (χ3v) is 2.49. The van der Waals surface area contributed by atoms with Crippen LogP contribution >= 0.6 is 15.9 Å². The second-order valence-corrected chi connectivity index (χ2v) is 3.70. The Morgan fingerprint density at radius 2 is 2.00 bits per heavy atom. The summed E-state index contributed by atoms with van der Waals surface area (Å²) in [5.41, 5.74) is 7.63. The van der Waals surface area contributed by atoms with E-state index in [1.807, 2.05) is 31.2 Å². The number of aryl methyl sites for hydroxylation is 1. The number of hydrogen-bond acceptors (Lipinski definition) is 3. The minimum Gasteiger partial charge on any atom is -0.380 e. The Bertz CT molecular complexity index is 444. The van der Waals surface area contributed by atoms with Crippen molar-refractivity contribution in [1.82, 2.24) is 15.0 Å². The van der Waals surface area contributed by atoms with Crippen LogP contribution in [0.2, 0.25) is 0 Å². The van der Waals surface area contributed by atoms with E-state index in [1.165, 1.54) is 4.80 Å². The van der Waals surface area contributed by atoms with Crippen molar-refractivity contribution in [2.75, 3.05) is 5.73 Å². The summed E-state index contributed by atoms with van der Waals surface area (Å²) < 4.78 is 0.570. The molecule has 0 aliphatic heterocycles. The number of nitrogen functional groups attached to an aromatic ring is 1. The molecule has 2 N–H and O–H groups in total. The minimum absolute atomic E-state index is 0.397. The van der Waals surface area contributed by atoms with Crippen LogP contribution in [0, 0.1) is 6.92 Å². The molecule has 4 nitrogen and oxygen atoms in total. The lowest BCUT2D eigenvalue weighted by Crippen LogP contribution is -2.01. The monoisotopic (exact) mass is 252 g/mol. The van der Waals surface area contributed by atoms with Crippen molar-refractivity contribution in [1.29, 1.82) is 0 Å². The maximum atomic E-state index is 5.59. The summed E-state index contributed by atoms with van der Waals surface area (Å²) in [5, 5.41) is 8.22. The smallest absolute Gasteiger partial charge is 0.181 e. The molecule has 0 saturated carbocycles. The van der Waals surface area contributed by atoms with Gasteiger partial charge >= 0.3 is 0 Å². The highest BCUT2D eigenvalue weighted by molar-refractivity contribution is 9.10. The van der Waals surface area contributed by atoms with Gasteiger partial charge in [0.2, 0.25) is 0 Å². The molecule has 0 radical (unpaired) electrons. The summed E-state index contributed by atoms with van der Waals surface area (Å²) >= 11 is 3.22. The van der Waals surface area contributed by atoms with Crippen molar-refractivity contribution in [2.45, 2.75) is 6.92 Å². The molecule has 1 heterocycles. The maximum absolute atomic E-state index is 5.59. The maximum Gasteiger partial charge on any atom is 0.181 e. The van der Waals surface area contributed by atoms with Gasteiger partial charge < -0.3 is 5.73 Å². The number of anilines is 1. The molecule has 1 aromatic carbocycles. The van der Waals surface area contributed by atoms with Crippen molar-refractivity contribution in [3.63, 3.8) is 0 Å². The number of rotatable bonds is 1. The van der Waals surface area contributed by atoms with Crippen LogP contribution in [0.4, 0.5) is 5.82 Å². The number of nitrogens with two attached hydrogens (primary N) is 1. The largest absolute Gasteiger partial charge is 0.380 e. The van der Waals surface area contributed by atoms with Crippen molar-refractivity contribution >= 4 is 21.7 Å². The van der Waals surface area contributed by atoms with Crippen molar-refractivity contribution in [2.24, 2.45) is 0 Å². The lowest BCUT2D eigenvalue weighted by atomic mass is 10.2. The lowest BCUT2D eigenvalue weighted by molar-refractivity contribution is 0.745. The van der Waals surface area contributed by atoms with Gasteiger partial charge in [0.15, 0.2) is 10.4 Å². The fourth-order valence-electron chi connectivity index (χ4n) is 1.20. The minimum atomic E-state index is 0.397. The highest BCUT2D eigenvalue weighted by Crippen LogP contribution is 2.17. The van der Waals surface area contributed by atoms with Crippen LogP contribution in [0.25, 0.3) is 5.69 Å². The molecule has 5 heteroatoms. The first kappa shape index (κ1) is 9.21. The zero-order valence-electron chi connectivity index (χ0n) is 7.61. The topological polar surface area (TPSA) is 56.7 Å². The Kier molecular flexibility index (Phi) is 2.25. The molecule has 0 spiro atoms. The van der Waals surface area contributed by atoms with Crippen LogP contribution in [0.3, 0.4) is 0 Å². The van der Waals surface area contributed by atoms with Crippen LogP contribution in [-0.2, 0) is 0 Å². The second-order valence-electron chi connectivity index (χ2n) is 2.95. The van der Waals surface area contributed by atoms with Gasteiger partial charge in [-0.25, -0.2) is 0 Å². The Balaban J connectivity index is 2.55. The molecule has 0 unspecified atom stereocenters. The number of nitrogens with zero attached hydrogens (tertiary/aromatic N) is 3. The van der Waals surface area contributed by atoms with Crippen LogP contribution < -0.4 is 5.73 Å². The molecule has 1 aromatic heterocycles. The summed E-state index contributed by atoms with van der Waals surface area (Å²) in [6.45, 7) is 2.00. The molecule has 2 aromatic rings. The summed E-state index contributed by atoms with van der Waals surface area (Å²) in [6.07, 6.45) is 0. The molecule has 0 amide bonds. The summed E-state index contributed by atoms with van der Waals surface area (Å²) in [6, 6.07) is 7.86. The number of halogens is 1. The Morgan fingerprint density at radius 1 is 1.29 bits per heavy atom. The Hall–Kier alpha value is -1.36. The highest BCUT2D eigenvalue weighted by atomic mass is 79.9.